The number of carbonyl (C=O) groups is 2. The third kappa shape index (κ3) is 3.03. The molecule has 7 heteroatoms. The van der Waals surface area contributed by atoms with E-state index in [1.165, 1.54) is 0 Å². The molecule has 1 aliphatic rings. The number of aromatic nitrogens is 4. The predicted molar refractivity (Wildman–Crippen MR) is 101 cm³/mol. The van der Waals surface area contributed by atoms with E-state index in [0.717, 1.165) is 41.9 Å². The quantitative estimate of drug-likeness (QED) is 0.681. The van der Waals surface area contributed by atoms with Gasteiger partial charge in [-0.3, -0.25) is 9.59 Å². The average molecular weight is 365 g/mol. The maximum atomic E-state index is 12.9. The molecular formula is C20H23N5O2. The van der Waals surface area contributed by atoms with Gasteiger partial charge in [-0.1, -0.05) is 25.1 Å². The molecule has 0 fully saturated rings. The van der Waals surface area contributed by atoms with Crippen LogP contribution in [0.1, 0.15) is 54.7 Å². The van der Waals surface area contributed by atoms with Crippen molar-refractivity contribution in [3.05, 3.63) is 47.7 Å². The summed E-state index contributed by atoms with van der Waals surface area (Å²) in [7, 11) is 0. The van der Waals surface area contributed by atoms with Gasteiger partial charge in [0.15, 0.2) is 11.6 Å². The summed E-state index contributed by atoms with van der Waals surface area (Å²) in [6, 6.07) is 7.32. The second-order valence-corrected chi connectivity index (χ2v) is 6.95. The highest BCUT2D eigenvalue weighted by Crippen LogP contribution is 2.27. The number of aryl methyl sites for hydroxylation is 1. The van der Waals surface area contributed by atoms with Gasteiger partial charge in [-0.2, -0.15) is 0 Å². The van der Waals surface area contributed by atoms with Crippen LogP contribution in [0.2, 0.25) is 0 Å². The van der Waals surface area contributed by atoms with Crippen LogP contribution in [0.4, 0.5) is 0 Å². The smallest absolute Gasteiger partial charge is 0.243 e. The van der Waals surface area contributed by atoms with Gasteiger partial charge in [0.2, 0.25) is 5.91 Å². The van der Waals surface area contributed by atoms with Crippen LogP contribution in [0.3, 0.4) is 0 Å². The van der Waals surface area contributed by atoms with Crippen LogP contribution in [-0.2, 0) is 24.3 Å². The van der Waals surface area contributed by atoms with Gasteiger partial charge in [0.1, 0.15) is 11.9 Å². The Balaban J connectivity index is 1.59. The molecular weight excluding hydrogens is 342 g/mol. The van der Waals surface area contributed by atoms with Gasteiger partial charge in [0.05, 0.1) is 6.54 Å². The van der Waals surface area contributed by atoms with Gasteiger partial charge in [-0.05, 0) is 25.8 Å². The Labute approximate surface area is 157 Å². The first kappa shape index (κ1) is 17.5. The second-order valence-electron chi connectivity index (χ2n) is 6.95. The molecule has 1 unspecified atom stereocenters. The van der Waals surface area contributed by atoms with Crippen molar-refractivity contribution >= 4 is 22.6 Å². The number of rotatable bonds is 6. The van der Waals surface area contributed by atoms with Gasteiger partial charge >= 0.3 is 0 Å². The summed E-state index contributed by atoms with van der Waals surface area (Å²) in [6.07, 6.45) is 4.45. The molecule has 140 valence electrons. The zero-order valence-electron chi connectivity index (χ0n) is 15.6. The predicted octanol–water partition coefficient (Wildman–Crippen LogP) is 2.65. The first-order valence-electron chi connectivity index (χ1n) is 9.39. The van der Waals surface area contributed by atoms with E-state index in [1.807, 2.05) is 35.8 Å². The lowest BCUT2D eigenvalue weighted by molar-refractivity contribution is -0.124. The fourth-order valence-electron chi connectivity index (χ4n) is 3.88. The Morgan fingerprint density at radius 2 is 2.07 bits per heavy atom. The van der Waals surface area contributed by atoms with Gasteiger partial charge < -0.3 is 14.5 Å². The normalized spacial score (nSPS) is 14.3. The monoisotopic (exact) mass is 365 g/mol. The largest absolute Gasteiger partial charge is 0.347 e. The zero-order valence-corrected chi connectivity index (χ0v) is 15.6. The maximum absolute atomic E-state index is 12.9. The second kappa shape index (κ2) is 6.98. The van der Waals surface area contributed by atoms with E-state index in [4.69, 9.17) is 0 Å². The number of Topliss-reactive ketones (excluding diaryl/α,β-unsaturated/α-hetero) is 1. The molecule has 2 aromatic heterocycles. The minimum absolute atomic E-state index is 0.000709. The number of amides is 1. The van der Waals surface area contributed by atoms with E-state index in [2.05, 4.69) is 20.1 Å². The van der Waals surface area contributed by atoms with Crippen molar-refractivity contribution in [3.63, 3.8) is 0 Å². The first-order chi connectivity index (χ1) is 13.1. The first-order valence-corrected chi connectivity index (χ1v) is 9.39. The number of ketones is 1. The summed E-state index contributed by atoms with van der Waals surface area (Å²) >= 11 is 0. The molecule has 0 radical (unpaired) electrons. The van der Waals surface area contributed by atoms with E-state index < -0.39 is 0 Å². The Morgan fingerprint density at radius 3 is 2.85 bits per heavy atom. The molecule has 7 nitrogen and oxygen atoms in total. The molecule has 1 atom stereocenters. The molecule has 1 aliphatic heterocycles. The summed E-state index contributed by atoms with van der Waals surface area (Å²) in [5.41, 5.74) is 1.54. The number of carbonyl (C=O) groups excluding carboxylic acids is 2. The van der Waals surface area contributed by atoms with E-state index in [-0.39, 0.29) is 17.7 Å². The van der Waals surface area contributed by atoms with Crippen molar-refractivity contribution in [2.45, 2.75) is 52.2 Å². The molecule has 0 bridgehead atoms. The summed E-state index contributed by atoms with van der Waals surface area (Å²) < 4.78 is 4.00. The highest BCUT2D eigenvalue weighted by Gasteiger charge is 2.24. The summed E-state index contributed by atoms with van der Waals surface area (Å²) in [5.74, 6) is 1.71. The van der Waals surface area contributed by atoms with E-state index in [0.29, 0.717) is 18.5 Å². The van der Waals surface area contributed by atoms with Crippen LogP contribution in [-0.4, -0.2) is 31.0 Å². The average Bonchev–Trinajstić information content (AvgIpc) is 3.35. The van der Waals surface area contributed by atoms with Crippen molar-refractivity contribution in [2.75, 3.05) is 0 Å². The van der Waals surface area contributed by atoms with Crippen molar-refractivity contribution in [3.8, 4) is 0 Å². The van der Waals surface area contributed by atoms with Crippen LogP contribution in [0.15, 0.2) is 30.5 Å². The third-order valence-corrected chi connectivity index (χ3v) is 5.25. The van der Waals surface area contributed by atoms with Crippen molar-refractivity contribution < 1.29 is 9.59 Å². The number of hydrogen-bond acceptors (Lipinski definition) is 4. The van der Waals surface area contributed by atoms with Gasteiger partial charge in [-0.25, -0.2) is 0 Å². The van der Waals surface area contributed by atoms with E-state index in [9.17, 15) is 9.59 Å². The molecule has 4 rings (SSSR count). The van der Waals surface area contributed by atoms with Crippen molar-refractivity contribution in [1.82, 2.24) is 24.6 Å². The Hall–Kier alpha value is -2.96. The minimum atomic E-state index is -0.385. The van der Waals surface area contributed by atoms with Crippen molar-refractivity contribution in [1.29, 1.82) is 0 Å². The number of hydrogen-bond donors (Lipinski definition) is 1. The highest BCUT2D eigenvalue weighted by molar-refractivity contribution is 6.07. The lowest BCUT2D eigenvalue weighted by Crippen LogP contribution is -2.32. The minimum Gasteiger partial charge on any atom is -0.347 e. The molecule has 27 heavy (non-hydrogen) atoms. The number of fused-ring (bicyclic) bond motifs is 2. The molecule has 1 amide bonds. The van der Waals surface area contributed by atoms with E-state index in [1.54, 1.807) is 13.1 Å². The standard InChI is InChI=1S/C20H23N5O2/c1-3-16(20(27)21-11-19-23-22-18-9-6-10-24(18)19)25-12-15(13(2)26)14-7-4-5-8-17(14)25/h4-5,7-8,12,16H,3,6,9-11H2,1-2H3,(H,21,27). The fraction of sp³-hybridized carbons (Fsp3) is 0.400. The number of nitrogens with zero attached hydrogens (tertiary/aromatic N) is 4. The summed E-state index contributed by atoms with van der Waals surface area (Å²) in [4.78, 5) is 24.9. The number of benzene rings is 1. The molecule has 0 saturated carbocycles. The molecule has 0 aliphatic carbocycles. The van der Waals surface area contributed by atoms with Gasteiger partial charge in [0, 0.05) is 35.6 Å². The SMILES string of the molecule is CCC(C(=O)NCc1nnc2n1CCC2)n1cc(C(C)=O)c2ccccc21. The summed E-state index contributed by atoms with van der Waals surface area (Å²) in [5, 5.41) is 12.3. The number of nitrogens with one attached hydrogen (secondary N) is 1. The fourth-order valence-corrected chi connectivity index (χ4v) is 3.88. The Bertz CT molecular complexity index is 1020. The zero-order chi connectivity index (χ0) is 19.0. The molecule has 0 saturated heterocycles. The topological polar surface area (TPSA) is 81.8 Å². The van der Waals surface area contributed by atoms with E-state index >= 15 is 0 Å². The molecule has 3 heterocycles. The van der Waals surface area contributed by atoms with Crippen LogP contribution in [0.5, 0.6) is 0 Å². The number of para-hydroxylation sites is 1. The lowest BCUT2D eigenvalue weighted by atomic mass is 10.1. The maximum Gasteiger partial charge on any atom is 0.243 e. The van der Waals surface area contributed by atoms with Crippen LogP contribution < -0.4 is 5.32 Å². The van der Waals surface area contributed by atoms with Crippen molar-refractivity contribution in [2.24, 2.45) is 0 Å². The van der Waals surface area contributed by atoms with Crippen LogP contribution in [0, 0.1) is 0 Å². The Kier molecular flexibility index (Phi) is 4.51. The Morgan fingerprint density at radius 1 is 1.26 bits per heavy atom. The third-order valence-electron chi connectivity index (χ3n) is 5.25. The van der Waals surface area contributed by atoms with Crippen LogP contribution in [0.25, 0.3) is 10.9 Å². The molecule has 1 aromatic carbocycles. The molecule has 1 N–H and O–H groups in total. The molecule has 3 aromatic rings. The van der Waals surface area contributed by atoms with Crippen LogP contribution >= 0.6 is 0 Å². The molecule has 0 spiro atoms. The lowest BCUT2D eigenvalue weighted by Gasteiger charge is -2.18. The van der Waals surface area contributed by atoms with Gasteiger partial charge in [-0.15, -0.1) is 10.2 Å². The summed E-state index contributed by atoms with van der Waals surface area (Å²) in [6.45, 7) is 4.80. The highest BCUT2D eigenvalue weighted by atomic mass is 16.2. The van der Waals surface area contributed by atoms with Gasteiger partial charge in [0.25, 0.3) is 0 Å².